The maximum absolute atomic E-state index is 12.9. The van der Waals surface area contributed by atoms with Crippen molar-refractivity contribution < 1.29 is 13.2 Å². The summed E-state index contributed by atoms with van der Waals surface area (Å²) >= 11 is 1.07. The van der Waals surface area contributed by atoms with E-state index >= 15 is 0 Å². The van der Waals surface area contributed by atoms with E-state index in [1.54, 1.807) is 12.1 Å². The number of hydrogen-bond acceptors (Lipinski definition) is 3. The molecular formula is C16H11F3N2S. The Labute approximate surface area is 128 Å². The third kappa shape index (κ3) is 2.96. The Morgan fingerprint density at radius 2 is 1.77 bits per heavy atom. The monoisotopic (exact) mass is 320 g/mol. The average Bonchev–Trinajstić information content (AvgIpc) is 2.93. The van der Waals surface area contributed by atoms with Crippen LogP contribution in [0.2, 0.25) is 0 Å². The highest BCUT2D eigenvalue weighted by molar-refractivity contribution is 7.17. The second-order valence-corrected chi connectivity index (χ2v) is 5.49. The quantitative estimate of drug-likeness (QED) is 0.509. The summed E-state index contributed by atoms with van der Waals surface area (Å²) in [5.41, 5.74) is 3.72. The summed E-state index contributed by atoms with van der Waals surface area (Å²) in [5.74, 6) is 0. The van der Waals surface area contributed by atoms with Crippen molar-refractivity contribution >= 4 is 33.3 Å². The van der Waals surface area contributed by atoms with E-state index < -0.39 is 11.7 Å². The lowest BCUT2D eigenvalue weighted by Gasteiger charge is -2.04. The largest absolute Gasteiger partial charge is 0.417 e. The van der Waals surface area contributed by atoms with Gasteiger partial charge >= 0.3 is 6.18 Å². The molecule has 1 aromatic heterocycles. The number of hydrazone groups is 1. The van der Waals surface area contributed by atoms with Crippen molar-refractivity contribution in [3.63, 3.8) is 0 Å². The summed E-state index contributed by atoms with van der Waals surface area (Å²) in [7, 11) is 0. The van der Waals surface area contributed by atoms with E-state index in [1.165, 1.54) is 12.3 Å². The number of halogens is 3. The van der Waals surface area contributed by atoms with Crippen molar-refractivity contribution in [2.75, 3.05) is 5.43 Å². The Bertz CT molecular complexity index is 807. The lowest BCUT2D eigenvalue weighted by Crippen LogP contribution is -2.03. The molecule has 0 saturated carbocycles. The molecule has 2 aromatic carbocycles. The minimum absolute atomic E-state index is 0.209. The van der Waals surface area contributed by atoms with Crippen LogP contribution in [0.15, 0.2) is 59.0 Å². The second-order valence-electron chi connectivity index (χ2n) is 4.61. The molecule has 0 fully saturated rings. The number of rotatable bonds is 3. The third-order valence-corrected chi connectivity index (χ3v) is 4.15. The van der Waals surface area contributed by atoms with Gasteiger partial charge in [0.1, 0.15) is 0 Å². The Kier molecular flexibility index (Phi) is 3.85. The van der Waals surface area contributed by atoms with E-state index in [2.05, 4.69) is 10.5 Å². The molecule has 22 heavy (non-hydrogen) atoms. The molecule has 0 aliphatic heterocycles. The Hall–Kier alpha value is -2.34. The summed E-state index contributed by atoms with van der Waals surface area (Å²) in [4.78, 5) is 0. The number of benzene rings is 2. The van der Waals surface area contributed by atoms with Crippen molar-refractivity contribution in [3.8, 4) is 0 Å². The topological polar surface area (TPSA) is 24.4 Å². The van der Waals surface area contributed by atoms with Crippen molar-refractivity contribution in [3.05, 3.63) is 65.0 Å². The molecule has 0 aliphatic rings. The lowest BCUT2D eigenvalue weighted by atomic mass is 10.1. The van der Waals surface area contributed by atoms with Crippen molar-refractivity contribution in [2.45, 2.75) is 6.18 Å². The summed E-state index contributed by atoms with van der Waals surface area (Å²) < 4.78 is 39.3. The Morgan fingerprint density at radius 3 is 2.50 bits per heavy atom. The fraction of sp³-hybridized carbons (Fsp3) is 0.0625. The number of anilines is 1. The number of alkyl halides is 3. The fourth-order valence-electron chi connectivity index (χ4n) is 2.09. The molecule has 0 aliphatic carbocycles. The Balaban J connectivity index is 1.90. The Morgan fingerprint density at radius 1 is 1.00 bits per heavy atom. The molecule has 0 spiro atoms. The van der Waals surface area contributed by atoms with Crippen LogP contribution in [0.1, 0.15) is 11.1 Å². The minimum atomic E-state index is -4.34. The van der Waals surface area contributed by atoms with Crippen LogP contribution < -0.4 is 5.43 Å². The van der Waals surface area contributed by atoms with Crippen molar-refractivity contribution in [2.24, 2.45) is 5.10 Å². The lowest BCUT2D eigenvalue weighted by molar-refractivity contribution is -0.136. The van der Waals surface area contributed by atoms with E-state index in [1.807, 2.05) is 30.3 Å². The van der Waals surface area contributed by atoms with Crippen LogP contribution in [0.25, 0.3) is 10.1 Å². The zero-order chi connectivity index (χ0) is 15.6. The SMILES string of the molecule is FC(F)(F)c1csc2c(C=NNc3ccccc3)cccc12. The van der Waals surface area contributed by atoms with Gasteiger partial charge in [-0.2, -0.15) is 18.3 Å². The number of thiophene rings is 1. The molecule has 0 amide bonds. The second kappa shape index (κ2) is 5.81. The van der Waals surface area contributed by atoms with Gasteiger partial charge in [0.05, 0.1) is 17.5 Å². The van der Waals surface area contributed by atoms with Gasteiger partial charge in [0.15, 0.2) is 0 Å². The van der Waals surface area contributed by atoms with Gasteiger partial charge in [-0.1, -0.05) is 36.4 Å². The molecule has 6 heteroatoms. The summed E-state index contributed by atoms with van der Waals surface area (Å²) in [6.45, 7) is 0. The van der Waals surface area contributed by atoms with Crippen LogP contribution in [-0.2, 0) is 6.18 Å². The van der Waals surface area contributed by atoms with Gasteiger partial charge in [-0.15, -0.1) is 11.3 Å². The molecule has 0 bridgehead atoms. The molecule has 2 nitrogen and oxygen atoms in total. The van der Waals surface area contributed by atoms with Gasteiger partial charge in [-0.25, -0.2) is 0 Å². The standard InChI is InChI=1S/C16H11F3N2S/c17-16(18,19)14-10-22-15-11(5-4-8-13(14)15)9-20-21-12-6-2-1-3-7-12/h1-10,21H. The van der Waals surface area contributed by atoms with Gasteiger partial charge in [0.2, 0.25) is 0 Å². The average molecular weight is 320 g/mol. The van der Waals surface area contributed by atoms with Crippen LogP contribution in [0.5, 0.6) is 0 Å². The van der Waals surface area contributed by atoms with Gasteiger partial charge in [-0.3, -0.25) is 5.43 Å². The molecule has 3 aromatic rings. The molecule has 3 rings (SSSR count). The minimum Gasteiger partial charge on any atom is -0.279 e. The molecule has 0 atom stereocenters. The van der Waals surface area contributed by atoms with Crippen molar-refractivity contribution in [1.29, 1.82) is 0 Å². The first kappa shape index (κ1) is 14.6. The van der Waals surface area contributed by atoms with Gasteiger partial charge < -0.3 is 0 Å². The van der Waals surface area contributed by atoms with Gasteiger partial charge in [0, 0.05) is 21.0 Å². The number of fused-ring (bicyclic) bond motifs is 1. The first-order valence-electron chi connectivity index (χ1n) is 6.47. The molecule has 0 unspecified atom stereocenters. The molecule has 1 heterocycles. The fourth-order valence-corrected chi connectivity index (χ4v) is 3.15. The normalized spacial score (nSPS) is 12.1. The maximum atomic E-state index is 12.9. The van der Waals surface area contributed by atoms with E-state index in [0.29, 0.717) is 10.3 Å². The van der Waals surface area contributed by atoms with E-state index in [9.17, 15) is 13.2 Å². The smallest absolute Gasteiger partial charge is 0.279 e. The van der Waals surface area contributed by atoms with Gasteiger partial charge in [0.25, 0.3) is 0 Å². The first-order valence-corrected chi connectivity index (χ1v) is 7.35. The number of hydrogen-bond donors (Lipinski definition) is 1. The highest BCUT2D eigenvalue weighted by Crippen LogP contribution is 2.39. The summed E-state index contributed by atoms with van der Waals surface area (Å²) in [5, 5.41) is 5.44. The molecule has 112 valence electrons. The molecule has 0 saturated heterocycles. The predicted molar refractivity (Wildman–Crippen MR) is 84.5 cm³/mol. The van der Waals surface area contributed by atoms with Crippen LogP contribution in [0.4, 0.5) is 18.9 Å². The van der Waals surface area contributed by atoms with E-state index in [4.69, 9.17) is 0 Å². The van der Waals surface area contributed by atoms with Crippen molar-refractivity contribution in [1.82, 2.24) is 0 Å². The molecule has 1 N–H and O–H groups in total. The van der Waals surface area contributed by atoms with E-state index in [-0.39, 0.29) is 5.39 Å². The maximum Gasteiger partial charge on any atom is 0.417 e. The van der Waals surface area contributed by atoms with Crippen LogP contribution in [-0.4, -0.2) is 6.21 Å². The van der Waals surface area contributed by atoms with E-state index in [0.717, 1.165) is 22.4 Å². The summed E-state index contributed by atoms with van der Waals surface area (Å²) in [6, 6.07) is 14.2. The molecule has 0 radical (unpaired) electrons. The van der Waals surface area contributed by atoms with Crippen LogP contribution in [0.3, 0.4) is 0 Å². The van der Waals surface area contributed by atoms with Crippen LogP contribution >= 0.6 is 11.3 Å². The highest BCUT2D eigenvalue weighted by Gasteiger charge is 2.33. The summed E-state index contributed by atoms with van der Waals surface area (Å²) in [6.07, 6.45) is -2.80. The number of nitrogens with zero attached hydrogens (tertiary/aromatic N) is 1. The van der Waals surface area contributed by atoms with Crippen LogP contribution in [0, 0.1) is 0 Å². The molecular weight excluding hydrogens is 309 g/mol. The zero-order valence-corrected chi connectivity index (χ0v) is 12.1. The highest BCUT2D eigenvalue weighted by atomic mass is 32.1. The predicted octanol–water partition coefficient (Wildman–Crippen LogP) is 5.37. The number of para-hydroxylation sites is 1. The number of nitrogens with one attached hydrogen (secondary N) is 1. The van der Waals surface area contributed by atoms with Gasteiger partial charge in [-0.05, 0) is 12.1 Å². The first-order chi connectivity index (χ1) is 10.6. The zero-order valence-electron chi connectivity index (χ0n) is 11.3. The third-order valence-electron chi connectivity index (χ3n) is 3.11.